The highest BCUT2D eigenvalue weighted by Crippen LogP contribution is 2.34. The Hall–Kier alpha value is -2.57. The Labute approximate surface area is 200 Å². The summed E-state index contributed by atoms with van der Waals surface area (Å²) in [7, 11) is 4.20. The average Bonchev–Trinajstić information content (AvgIpc) is 3.46. The van der Waals surface area contributed by atoms with Gasteiger partial charge in [-0.3, -0.25) is 4.79 Å². The largest absolute Gasteiger partial charge is 0.371 e. The number of hydrogen-bond donors (Lipinski definition) is 1. The summed E-state index contributed by atoms with van der Waals surface area (Å²) in [6.07, 6.45) is 3.04. The van der Waals surface area contributed by atoms with Crippen LogP contribution in [0.4, 0.5) is 5.69 Å². The number of aryl methyl sites for hydroxylation is 1. The highest BCUT2D eigenvalue weighted by Gasteiger charge is 2.34. The molecule has 174 valence electrons. The molecular weight excluding hydrogens is 434 g/mol. The molecule has 1 N–H and O–H groups in total. The van der Waals surface area contributed by atoms with Gasteiger partial charge in [0.1, 0.15) is 5.82 Å². The fraction of sp³-hybridized carbons (Fsp3) is 0.462. The number of carbonyl (C=O) groups is 1. The van der Waals surface area contributed by atoms with Crippen molar-refractivity contribution in [1.29, 1.82) is 0 Å². The predicted octanol–water partition coefficient (Wildman–Crippen LogP) is 4.57. The zero-order chi connectivity index (χ0) is 23.1. The normalized spacial score (nSPS) is 21.4. The molecule has 1 amide bonds. The zero-order valence-electron chi connectivity index (χ0n) is 19.6. The second-order valence-corrected chi connectivity index (χ2v) is 10.2. The van der Waals surface area contributed by atoms with E-state index in [4.69, 9.17) is 16.6 Å². The maximum absolute atomic E-state index is 13.3. The molecule has 7 heteroatoms. The summed E-state index contributed by atoms with van der Waals surface area (Å²) in [6, 6.07) is 12.8. The first kappa shape index (κ1) is 22.2. The minimum atomic E-state index is 0.0490. The second kappa shape index (κ2) is 8.99. The van der Waals surface area contributed by atoms with Gasteiger partial charge in [-0.15, -0.1) is 0 Å². The zero-order valence-corrected chi connectivity index (χ0v) is 20.4. The van der Waals surface area contributed by atoms with Crippen LogP contribution >= 0.6 is 11.6 Å². The monoisotopic (exact) mass is 465 g/mol. The van der Waals surface area contributed by atoms with Crippen molar-refractivity contribution in [2.24, 2.45) is 5.92 Å². The number of benzene rings is 2. The van der Waals surface area contributed by atoms with Crippen LogP contribution in [0, 0.1) is 12.8 Å². The number of likely N-dealkylation sites (N-methyl/N-ethyl adjacent to an activating group) is 1. The Bertz CT molecular complexity index is 1170. The summed E-state index contributed by atoms with van der Waals surface area (Å²) in [4.78, 5) is 28.1. The van der Waals surface area contributed by atoms with E-state index in [0.717, 1.165) is 73.6 Å². The van der Waals surface area contributed by atoms with E-state index in [1.165, 1.54) is 5.56 Å². The lowest BCUT2D eigenvalue weighted by atomic mass is 9.96. The molecule has 3 aromatic rings. The van der Waals surface area contributed by atoms with E-state index in [9.17, 15) is 4.79 Å². The van der Waals surface area contributed by atoms with E-state index in [1.807, 2.05) is 6.07 Å². The van der Waals surface area contributed by atoms with Crippen LogP contribution in [0.3, 0.4) is 0 Å². The Kier molecular flexibility index (Phi) is 6.06. The van der Waals surface area contributed by atoms with Crippen molar-refractivity contribution in [2.45, 2.75) is 32.2 Å². The van der Waals surface area contributed by atoms with Crippen molar-refractivity contribution in [2.75, 3.05) is 45.2 Å². The van der Waals surface area contributed by atoms with Crippen LogP contribution in [0.25, 0.3) is 22.4 Å². The van der Waals surface area contributed by atoms with Gasteiger partial charge in [0, 0.05) is 43.5 Å². The third kappa shape index (κ3) is 4.46. The number of aromatic nitrogens is 2. The topological polar surface area (TPSA) is 55.5 Å². The van der Waals surface area contributed by atoms with Crippen molar-refractivity contribution >= 4 is 34.2 Å². The van der Waals surface area contributed by atoms with Crippen LogP contribution in [0.15, 0.2) is 36.4 Å². The Balaban J connectivity index is 1.35. The predicted molar refractivity (Wildman–Crippen MR) is 135 cm³/mol. The Morgan fingerprint density at radius 1 is 1.12 bits per heavy atom. The fourth-order valence-corrected chi connectivity index (χ4v) is 5.38. The molecule has 0 bridgehead atoms. The summed E-state index contributed by atoms with van der Waals surface area (Å²) in [5.74, 6) is 1.14. The average molecular weight is 466 g/mol. The van der Waals surface area contributed by atoms with Crippen LogP contribution in [0.5, 0.6) is 0 Å². The van der Waals surface area contributed by atoms with Crippen molar-refractivity contribution in [3.8, 4) is 11.4 Å². The van der Waals surface area contributed by atoms with Crippen LogP contribution < -0.4 is 4.90 Å². The summed E-state index contributed by atoms with van der Waals surface area (Å²) in [5, 5.41) is 0.672. The molecule has 2 aliphatic rings. The molecule has 2 aromatic carbocycles. The van der Waals surface area contributed by atoms with Gasteiger partial charge >= 0.3 is 0 Å². The quantitative estimate of drug-likeness (QED) is 0.613. The second-order valence-electron chi connectivity index (χ2n) is 9.75. The number of imidazole rings is 1. The number of carbonyl (C=O) groups excluding carboxylic acids is 1. The molecule has 0 radical (unpaired) electrons. The van der Waals surface area contributed by atoms with Crippen LogP contribution in [-0.4, -0.2) is 72.0 Å². The Morgan fingerprint density at radius 2 is 1.97 bits per heavy atom. The number of aromatic amines is 1. The number of halogens is 1. The highest BCUT2D eigenvalue weighted by molar-refractivity contribution is 6.33. The third-order valence-electron chi connectivity index (χ3n) is 7.18. The molecule has 6 nitrogen and oxygen atoms in total. The minimum absolute atomic E-state index is 0.0490. The van der Waals surface area contributed by atoms with Gasteiger partial charge < -0.3 is 19.7 Å². The number of hydrogen-bond acceptors (Lipinski definition) is 4. The number of amides is 1. The molecule has 0 aliphatic carbocycles. The Morgan fingerprint density at radius 3 is 2.76 bits per heavy atom. The summed E-state index contributed by atoms with van der Waals surface area (Å²) in [6.45, 7) is 5.48. The van der Waals surface area contributed by atoms with E-state index < -0.39 is 0 Å². The minimum Gasteiger partial charge on any atom is -0.371 e. The third-order valence-corrected chi connectivity index (χ3v) is 7.51. The molecular formula is C26H32ClN5O. The lowest BCUT2D eigenvalue weighted by Crippen LogP contribution is -2.45. The molecule has 0 saturated carbocycles. The first-order valence-electron chi connectivity index (χ1n) is 11.9. The number of likely N-dealkylation sites (tertiary alicyclic amines) is 1. The van der Waals surface area contributed by atoms with E-state index in [-0.39, 0.29) is 5.92 Å². The number of H-pyrrole nitrogens is 1. The number of nitrogens with zero attached hydrogens (tertiary/aromatic N) is 4. The molecule has 2 aliphatic heterocycles. The van der Waals surface area contributed by atoms with Crippen LogP contribution in [-0.2, 0) is 4.79 Å². The first-order chi connectivity index (χ1) is 15.9. The molecule has 1 aromatic heterocycles. The molecule has 2 atom stereocenters. The maximum atomic E-state index is 13.3. The van der Waals surface area contributed by atoms with Gasteiger partial charge in [-0.1, -0.05) is 17.7 Å². The van der Waals surface area contributed by atoms with E-state index in [2.05, 4.69) is 71.0 Å². The summed E-state index contributed by atoms with van der Waals surface area (Å²) >= 11 is 6.59. The number of rotatable bonds is 4. The van der Waals surface area contributed by atoms with Crippen molar-refractivity contribution in [3.63, 3.8) is 0 Å². The fourth-order valence-electron chi connectivity index (χ4n) is 5.17. The van der Waals surface area contributed by atoms with Crippen molar-refractivity contribution in [3.05, 3.63) is 47.0 Å². The van der Waals surface area contributed by atoms with E-state index in [0.29, 0.717) is 17.0 Å². The van der Waals surface area contributed by atoms with Crippen LogP contribution in [0.2, 0.25) is 5.02 Å². The molecule has 2 fully saturated rings. The molecule has 2 unspecified atom stereocenters. The summed E-state index contributed by atoms with van der Waals surface area (Å²) < 4.78 is 0. The SMILES string of the molecule is Cc1ccc2[nH]c(-c3cc(N4CCCC(C(=O)N5CCC(N(C)C)C5)C4)ccc3Cl)nc2c1. The van der Waals surface area contributed by atoms with Gasteiger partial charge in [0.15, 0.2) is 0 Å². The van der Waals surface area contributed by atoms with E-state index >= 15 is 0 Å². The number of anilines is 1. The number of nitrogens with one attached hydrogen (secondary N) is 1. The molecule has 3 heterocycles. The lowest BCUT2D eigenvalue weighted by Gasteiger charge is -2.35. The molecule has 0 spiro atoms. The van der Waals surface area contributed by atoms with Gasteiger partial charge in [0.05, 0.1) is 22.0 Å². The van der Waals surface area contributed by atoms with Gasteiger partial charge in [-0.05, 0) is 76.2 Å². The summed E-state index contributed by atoms with van der Waals surface area (Å²) in [5.41, 5.74) is 5.11. The van der Waals surface area contributed by atoms with Crippen molar-refractivity contribution < 1.29 is 4.79 Å². The molecule has 33 heavy (non-hydrogen) atoms. The van der Waals surface area contributed by atoms with Gasteiger partial charge in [0.2, 0.25) is 5.91 Å². The van der Waals surface area contributed by atoms with E-state index in [1.54, 1.807) is 0 Å². The van der Waals surface area contributed by atoms with Gasteiger partial charge in [-0.2, -0.15) is 0 Å². The molecule has 5 rings (SSSR count). The lowest BCUT2D eigenvalue weighted by molar-refractivity contribution is -0.134. The highest BCUT2D eigenvalue weighted by atomic mass is 35.5. The number of piperidine rings is 1. The van der Waals surface area contributed by atoms with Crippen molar-refractivity contribution in [1.82, 2.24) is 19.8 Å². The van der Waals surface area contributed by atoms with Gasteiger partial charge in [0.25, 0.3) is 0 Å². The maximum Gasteiger partial charge on any atom is 0.227 e. The molecule has 2 saturated heterocycles. The number of fused-ring (bicyclic) bond motifs is 1. The standard InChI is InChI=1S/C26H32ClN5O/c1-17-6-9-23-24(13-17)29-25(28-23)21-14-19(7-8-22(21)27)31-11-4-5-18(15-31)26(33)32-12-10-20(16-32)30(2)3/h6-9,13-14,18,20H,4-5,10-12,15-16H2,1-3H3,(H,28,29). The smallest absolute Gasteiger partial charge is 0.227 e. The van der Waals surface area contributed by atoms with Crippen LogP contribution in [0.1, 0.15) is 24.8 Å². The van der Waals surface area contributed by atoms with Gasteiger partial charge in [-0.25, -0.2) is 4.98 Å². The first-order valence-corrected chi connectivity index (χ1v) is 12.2.